The van der Waals surface area contributed by atoms with E-state index in [0.717, 1.165) is 26.9 Å². The van der Waals surface area contributed by atoms with Crippen LogP contribution < -0.4 is 10.1 Å². The van der Waals surface area contributed by atoms with Gasteiger partial charge in [0.15, 0.2) is 12.4 Å². The van der Waals surface area contributed by atoms with Crippen LogP contribution in [0.5, 0.6) is 5.75 Å². The first-order valence-electron chi connectivity index (χ1n) is 9.60. The van der Waals surface area contributed by atoms with Crippen molar-refractivity contribution in [2.24, 2.45) is 0 Å². The normalized spacial score (nSPS) is 10.8. The van der Waals surface area contributed by atoms with Gasteiger partial charge in [-0.15, -0.1) is 11.3 Å². The average molecular weight is 434 g/mol. The molecule has 4 aromatic rings. The van der Waals surface area contributed by atoms with Gasteiger partial charge >= 0.3 is 0 Å². The van der Waals surface area contributed by atoms with Gasteiger partial charge in [0.1, 0.15) is 16.6 Å². The van der Waals surface area contributed by atoms with Crippen LogP contribution in [0.1, 0.15) is 22.8 Å². The summed E-state index contributed by atoms with van der Waals surface area (Å²) in [5.41, 5.74) is 3.73. The third-order valence-electron chi connectivity index (χ3n) is 4.65. The molecule has 1 N–H and O–H groups in total. The number of nitrogens with zero attached hydrogens (tertiary/aromatic N) is 1. The van der Waals surface area contributed by atoms with Gasteiger partial charge in [0.25, 0.3) is 5.91 Å². The van der Waals surface area contributed by atoms with Crippen LogP contribution in [0.2, 0.25) is 0 Å². The number of rotatable bonds is 6. The Hall–Kier alpha value is -3.58. The molecule has 0 unspecified atom stereocenters. The number of thiazole rings is 1. The molecule has 0 aliphatic rings. The summed E-state index contributed by atoms with van der Waals surface area (Å²) in [6, 6.07) is 17.5. The first-order valence-corrected chi connectivity index (χ1v) is 10.4. The fraction of sp³-hybridized carbons (Fsp3) is 0.125. The molecule has 0 aliphatic heterocycles. The van der Waals surface area contributed by atoms with Gasteiger partial charge in [-0.25, -0.2) is 9.37 Å². The first-order chi connectivity index (χ1) is 14.9. The number of carbonyl (C=O) groups is 2. The molecule has 1 heterocycles. The van der Waals surface area contributed by atoms with Gasteiger partial charge in [-0.2, -0.15) is 0 Å². The summed E-state index contributed by atoms with van der Waals surface area (Å²) < 4.78 is 20.3. The van der Waals surface area contributed by atoms with E-state index in [2.05, 4.69) is 23.3 Å². The highest BCUT2D eigenvalue weighted by molar-refractivity contribution is 7.21. The van der Waals surface area contributed by atoms with Crippen molar-refractivity contribution in [1.82, 2.24) is 4.98 Å². The van der Waals surface area contributed by atoms with Crippen molar-refractivity contribution in [3.05, 3.63) is 77.6 Å². The van der Waals surface area contributed by atoms with Gasteiger partial charge in [0.05, 0.1) is 15.8 Å². The number of aryl methyl sites for hydroxylation is 1. The van der Waals surface area contributed by atoms with Crippen molar-refractivity contribution in [2.75, 3.05) is 11.9 Å². The molecule has 3 aromatic carbocycles. The van der Waals surface area contributed by atoms with Crippen LogP contribution >= 0.6 is 11.3 Å². The number of carbonyl (C=O) groups excluding carboxylic acids is 2. The first kappa shape index (κ1) is 20.7. The maximum atomic E-state index is 13.8. The lowest BCUT2D eigenvalue weighted by molar-refractivity contribution is -0.118. The number of hydrogen-bond donors (Lipinski definition) is 1. The minimum atomic E-state index is -0.675. The number of fused-ring (bicyclic) bond motifs is 1. The number of ketones is 1. The number of amides is 1. The Morgan fingerprint density at radius 3 is 2.55 bits per heavy atom. The summed E-state index contributed by atoms with van der Waals surface area (Å²) in [5.74, 6) is -1.24. The molecule has 1 amide bonds. The predicted octanol–water partition coefficient (Wildman–Crippen LogP) is 5.63. The molecule has 156 valence electrons. The molecule has 4 rings (SSSR count). The van der Waals surface area contributed by atoms with Crippen LogP contribution in [-0.4, -0.2) is 23.3 Å². The van der Waals surface area contributed by atoms with Crippen LogP contribution in [0.15, 0.2) is 60.7 Å². The van der Waals surface area contributed by atoms with E-state index in [1.165, 1.54) is 24.6 Å². The second-order valence-electron chi connectivity index (χ2n) is 7.10. The molecule has 5 nitrogen and oxygen atoms in total. The number of hydrogen-bond acceptors (Lipinski definition) is 5. The Kier molecular flexibility index (Phi) is 5.77. The summed E-state index contributed by atoms with van der Waals surface area (Å²) in [5, 5.41) is 3.65. The minimum Gasteiger partial charge on any atom is -0.484 e. The average Bonchev–Trinajstić information content (AvgIpc) is 3.15. The Balaban J connectivity index is 1.37. The third kappa shape index (κ3) is 4.78. The molecule has 0 bridgehead atoms. The van der Waals surface area contributed by atoms with Crippen molar-refractivity contribution in [3.8, 4) is 16.3 Å². The highest BCUT2D eigenvalue weighted by atomic mass is 32.1. The fourth-order valence-corrected chi connectivity index (χ4v) is 4.14. The van der Waals surface area contributed by atoms with Gasteiger partial charge in [0, 0.05) is 17.3 Å². The highest BCUT2D eigenvalue weighted by Crippen LogP contribution is 2.31. The topological polar surface area (TPSA) is 68.3 Å². The molecule has 0 spiro atoms. The van der Waals surface area contributed by atoms with E-state index in [4.69, 9.17) is 4.74 Å². The smallest absolute Gasteiger partial charge is 0.262 e. The third-order valence-corrected chi connectivity index (χ3v) is 5.72. The zero-order valence-corrected chi connectivity index (χ0v) is 17.8. The lowest BCUT2D eigenvalue weighted by Gasteiger charge is -2.09. The van der Waals surface area contributed by atoms with Crippen LogP contribution in [0.3, 0.4) is 0 Å². The van der Waals surface area contributed by atoms with Gasteiger partial charge in [-0.05, 0) is 67.9 Å². The Bertz CT molecular complexity index is 1280. The molecular weight excluding hydrogens is 415 g/mol. The Morgan fingerprint density at radius 1 is 1.06 bits per heavy atom. The van der Waals surface area contributed by atoms with Crippen LogP contribution in [0.25, 0.3) is 20.8 Å². The number of benzene rings is 3. The zero-order chi connectivity index (χ0) is 22.0. The maximum absolute atomic E-state index is 13.8. The summed E-state index contributed by atoms with van der Waals surface area (Å²) in [7, 11) is 0. The van der Waals surface area contributed by atoms with Gasteiger partial charge < -0.3 is 10.1 Å². The van der Waals surface area contributed by atoms with Crippen molar-refractivity contribution >= 4 is 38.9 Å². The zero-order valence-electron chi connectivity index (χ0n) is 16.9. The lowest BCUT2D eigenvalue weighted by atomic mass is 10.1. The Morgan fingerprint density at radius 2 is 1.84 bits per heavy atom. The molecular formula is C24H19FN2O3S. The lowest BCUT2D eigenvalue weighted by Crippen LogP contribution is -2.20. The van der Waals surface area contributed by atoms with Gasteiger partial charge in [-0.3, -0.25) is 9.59 Å². The summed E-state index contributed by atoms with van der Waals surface area (Å²) in [4.78, 5) is 28.1. The molecule has 0 saturated heterocycles. The monoisotopic (exact) mass is 434 g/mol. The van der Waals surface area contributed by atoms with Crippen LogP contribution in [0, 0.1) is 12.7 Å². The minimum absolute atomic E-state index is 0.0137. The molecule has 0 saturated carbocycles. The molecule has 0 radical (unpaired) electrons. The fourth-order valence-electron chi connectivity index (χ4n) is 3.07. The van der Waals surface area contributed by atoms with E-state index in [0.29, 0.717) is 5.69 Å². The number of aromatic nitrogens is 1. The van der Waals surface area contributed by atoms with E-state index in [1.807, 2.05) is 24.3 Å². The molecule has 31 heavy (non-hydrogen) atoms. The van der Waals surface area contributed by atoms with E-state index in [9.17, 15) is 14.0 Å². The summed E-state index contributed by atoms with van der Waals surface area (Å²) >= 11 is 1.62. The highest BCUT2D eigenvalue weighted by Gasteiger charge is 2.11. The van der Waals surface area contributed by atoms with Gasteiger partial charge in [-0.1, -0.05) is 6.07 Å². The second-order valence-corrected chi connectivity index (χ2v) is 8.13. The van der Waals surface area contributed by atoms with E-state index in [-0.39, 0.29) is 29.6 Å². The molecule has 0 aliphatic carbocycles. The second kappa shape index (κ2) is 8.65. The maximum Gasteiger partial charge on any atom is 0.262 e. The van der Waals surface area contributed by atoms with E-state index >= 15 is 0 Å². The molecule has 1 aromatic heterocycles. The number of halogens is 1. The number of Topliss-reactive ketones (excluding diaryl/α,β-unsaturated/α-hetero) is 1. The van der Waals surface area contributed by atoms with Crippen molar-refractivity contribution in [1.29, 1.82) is 0 Å². The van der Waals surface area contributed by atoms with Crippen molar-refractivity contribution < 1.29 is 18.7 Å². The quantitative estimate of drug-likeness (QED) is 0.399. The van der Waals surface area contributed by atoms with Crippen molar-refractivity contribution in [3.63, 3.8) is 0 Å². The number of anilines is 1. The molecule has 0 atom stereocenters. The summed E-state index contributed by atoms with van der Waals surface area (Å²) in [6.45, 7) is 3.06. The SMILES string of the molecule is CC(=O)c1ccc(OCC(=O)Nc2ccc(-c3nc4ccc(C)cc4s3)cc2)cc1F. The largest absolute Gasteiger partial charge is 0.484 e. The van der Waals surface area contributed by atoms with Crippen LogP contribution in [0.4, 0.5) is 10.1 Å². The van der Waals surface area contributed by atoms with E-state index < -0.39 is 5.82 Å². The predicted molar refractivity (Wildman–Crippen MR) is 120 cm³/mol. The van der Waals surface area contributed by atoms with Crippen LogP contribution in [-0.2, 0) is 4.79 Å². The van der Waals surface area contributed by atoms with Gasteiger partial charge in [0.2, 0.25) is 0 Å². The van der Waals surface area contributed by atoms with E-state index in [1.54, 1.807) is 23.5 Å². The standard InChI is InChI=1S/C24H19FN2O3S/c1-14-3-10-21-22(11-14)31-24(27-21)16-4-6-17(7-5-16)26-23(29)13-30-18-8-9-19(15(2)28)20(25)12-18/h3-12H,13H2,1-2H3,(H,26,29). The number of nitrogens with one attached hydrogen (secondary N) is 1. The number of ether oxygens (including phenoxy) is 1. The molecule has 7 heteroatoms. The summed E-state index contributed by atoms with van der Waals surface area (Å²) in [6.07, 6.45) is 0. The Labute approximate surface area is 182 Å². The molecule has 0 fully saturated rings. The van der Waals surface area contributed by atoms with Crippen molar-refractivity contribution in [2.45, 2.75) is 13.8 Å².